The smallest absolute Gasteiger partial charge is 0.276 e. The molecule has 0 saturated carbocycles. The van der Waals surface area contributed by atoms with Crippen LogP contribution in [0.2, 0.25) is 0 Å². The molecule has 7 heteroatoms. The zero-order chi connectivity index (χ0) is 13.8. The summed E-state index contributed by atoms with van der Waals surface area (Å²) in [6, 6.07) is 3.40. The van der Waals surface area contributed by atoms with Crippen LogP contribution in [0.1, 0.15) is 13.8 Å². The Bertz CT molecular complexity index is 469. The first-order valence-corrected chi connectivity index (χ1v) is 7.52. The minimum Gasteiger partial charge on any atom is -0.370 e. The number of hydrogen-bond acceptors (Lipinski definition) is 6. The zero-order valence-electron chi connectivity index (χ0n) is 11.1. The van der Waals surface area contributed by atoms with E-state index in [1.54, 1.807) is 6.07 Å². The van der Waals surface area contributed by atoms with E-state index in [-0.39, 0.29) is 10.6 Å². The maximum atomic E-state index is 11.0. The van der Waals surface area contributed by atoms with E-state index in [0.717, 1.165) is 18.1 Å². The molecule has 1 fully saturated rings. The topological polar surface area (TPSA) is 71.3 Å². The fraction of sp³-hybridized carbons (Fsp3) is 0.583. The van der Waals surface area contributed by atoms with Crippen LogP contribution in [-0.2, 0) is 0 Å². The summed E-state index contributed by atoms with van der Waals surface area (Å²) in [5, 5.41) is 14.1. The minimum absolute atomic E-state index is 0.0892. The van der Waals surface area contributed by atoms with E-state index >= 15 is 0 Å². The molecule has 1 atom stereocenters. The van der Waals surface area contributed by atoms with Gasteiger partial charge in [-0.15, -0.1) is 0 Å². The van der Waals surface area contributed by atoms with Gasteiger partial charge in [0.1, 0.15) is 11.6 Å². The van der Waals surface area contributed by atoms with Gasteiger partial charge in [-0.25, -0.2) is 4.98 Å². The standard InChI is InChI=1S/C12H18N4O2S/c1-3-13-11-6-10(16(17)18)7-12(14-11)15-4-5-19-8-9(15)2/h6-7,9H,3-5,8H2,1-2H3,(H,13,14). The van der Waals surface area contributed by atoms with Crippen molar-refractivity contribution in [3.63, 3.8) is 0 Å². The first-order chi connectivity index (χ1) is 9.11. The van der Waals surface area contributed by atoms with Crippen molar-refractivity contribution in [3.8, 4) is 0 Å². The number of thioether (sulfide) groups is 1. The van der Waals surface area contributed by atoms with Gasteiger partial charge in [0, 0.05) is 30.6 Å². The Kier molecular flexibility index (Phi) is 4.47. The van der Waals surface area contributed by atoms with Crippen LogP contribution in [0.15, 0.2) is 12.1 Å². The number of nitrogens with one attached hydrogen (secondary N) is 1. The van der Waals surface area contributed by atoms with Gasteiger partial charge in [0.2, 0.25) is 0 Å². The second-order valence-electron chi connectivity index (χ2n) is 4.47. The lowest BCUT2D eigenvalue weighted by Crippen LogP contribution is -2.41. The van der Waals surface area contributed by atoms with Crippen LogP contribution in [-0.4, -0.2) is 40.5 Å². The van der Waals surface area contributed by atoms with Gasteiger partial charge < -0.3 is 10.2 Å². The van der Waals surface area contributed by atoms with Crippen molar-refractivity contribution in [3.05, 3.63) is 22.2 Å². The van der Waals surface area contributed by atoms with Gasteiger partial charge in [-0.2, -0.15) is 11.8 Å². The molecule has 1 aromatic rings. The van der Waals surface area contributed by atoms with Crippen molar-refractivity contribution < 1.29 is 4.92 Å². The molecule has 6 nitrogen and oxygen atoms in total. The minimum atomic E-state index is -0.366. The van der Waals surface area contributed by atoms with E-state index < -0.39 is 0 Å². The van der Waals surface area contributed by atoms with Crippen LogP contribution < -0.4 is 10.2 Å². The first kappa shape index (κ1) is 13.9. The Morgan fingerprint density at radius 2 is 2.42 bits per heavy atom. The summed E-state index contributed by atoms with van der Waals surface area (Å²) >= 11 is 1.91. The normalized spacial score (nSPS) is 19.3. The predicted molar refractivity (Wildman–Crippen MR) is 79.2 cm³/mol. The van der Waals surface area contributed by atoms with E-state index in [0.29, 0.717) is 24.2 Å². The Morgan fingerprint density at radius 1 is 1.63 bits per heavy atom. The Hall–Kier alpha value is -1.50. The van der Waals surface area contributed by atoms with Gasteiger partial charge in [0.15, 0.2) is 0 Å². The largest absolute Gasteiger partial charge is 0.370 e. The Labute approximate surface area is 116 Å². The number of anilines is 2. The van der Waals surface area contributed by atoms with Crippen LogP contribution >= 0.6 is 11.8 Å². The summed E-state index contributed by atoms with van der Waals surface area (Å²) in [5.41, 5.74) is 0.0892. The molecule has 0 amide bonds. The fourth-order valence-corrected chi connectivity index (χ4v) is 3.11. The zero-order valence-corrected chi connectivity index (χ0v) is 11.9. The van der Waals surface area contributed by atoms with Crippen molar-refractivity contribution in [2.75, 3.05) is 34.8 Å². The first-order valence-electron chi connectivity index (χ1n) is 6.36. The Balaban J connectivity index is 2.34. The fourth-order valence-electron chi connectivity index (χ4n) is 2.09. The lowest BCUT2D eigenvalue weighted by atomic mass is 10.2. The summed E-state index contributed by atoms with van der Waals surface area (Å²) < 4.78 is 0. The molecule has 1 saturated heterocycles. The highest BCUT2D eigenvalue weighted by atomic mass is 32.2. The van der Waals surface area contributed by atoms with Gasteiger partial charge >= 0.3 is 0 Å². The molecule has 0 radical (unpaired) electrons. The number of rotatable bonds is 4. The van der Waals surface area contributed by atoms with Gasteiger partial charge in [-0.3, -0.25) is 10.1 Å². The molecule has 0 aromatic carbocycles. The van der Waals surface area contributed by atoms with E-state index in [1.807, 2.05) is 18.7 Å². The number of pyridine rings is 1. The summed E-state index contributed by atoms with van der Waals surface area (Å²) in [6.45, 7) is 5.64. The third-order valence-electron chi connectivity index (χ3n) is 3.03. The molecule has 0 bridgehead atoms. The average molecular weight is 282 g/mol. The van der Waals surface area contributed by atoms with Crippen molar-refractivity contribution in [2.45, 2.75) is 19.9 Å². The quantitative estimate of drug-likeness (QED) is 0.675. The number of hydrogen-bond donors (Lipinski definition) is 1. The monoisotopic (exact) mass is 282 g/mol. The summed E-state index contributed by atoms with van der Waals surface area (Å²) in [5.74, 6) is 3.32. The highest BCUT2D eigenvalue weighted by Crippen LogP contribution is 2.27. The van der Waals surface area contributed by atoms with Crippen molar-refractivity contribution in [2.24, 2.45) is 0 Å². The van der Waals surface area contributed by atoms with Crippen LogP contribution in [0.3, 0.4) is 0 Å². The second kappa shape index (κ2) is 6.10. The summed E-state index contributed by atoms with van der Waals surface area (Å²) in [6.07, 6.45) is 0. The third-order valence-corrected chi connectivity index (χ3v) is 4.22. The highest BCUT2D eigenvalue weighted by Gasteiger charge is 2.22. The van der Waals surface area contributed by atoms with E-state index in [2.05, 4.69) is 22.1 Å². The summed E-state index contributed by atoms with van der Waals surface area (Å²) in [7, 11) is 0. The number of nitrogens with zero attached hydrogens (tertiary/aromatic N) is 3. The molecular weight excluding hydrogens is 264 g/mol. The number of aromatic nitrogens is 1. The molecule has 1 N–H and O–H groups in total. The van der Waals surface area contributed by atoms with Crippen molar-refractivity contribution in [1.29, 1.82) is 0 Å². The SMILES string of the molecule is CCNc1cc([N+](=O)[O-])cc(N2CCSCC2C)n1. The summed E-state index contributed by atoms with van der Waals surface area (Å²) in [4.78, 5) is 17.3. The predicted octanol–water partition coefficient (Wildman–Crippen LogP) is 2.36. The molecule has 0 spiro atoms. The van der Waals surface area contributed by atoms with Crippen molar-refractivity contribution in [1.82, 2.24) is 4.98 Å². The molecule has 2 rings (SSSR count). The molecular formula is C12H18N4O2S. The molecule has 0 aliphatic carbocycles. The average Bonchev–Trinajstić information content (AvgIpc) is 2.39. The van der Waals surface area contributed by atoms with Crippen LogP contribution in [0, 0.1) is 10.1 Å². The second-order valence-corrected chi connectivity index (χ2v) is 5.62. The van der Waals surface area contributed by atoms with Crippen LogP contribution in [0.4, 0.5) is 17.3 Å². The van der Waals surface area contributed by atoms with Gasteiger partial charge in [-0.1, -0.05) is 0 Å². The maximum absolute atomic E-state index is 11.0. The molecule has 2 heterocycles. The van der Waals surface area contributed by atoms with Gasteiger partial charge in [0.25, 0.3) is 5.69 Å². The van der Waals surface area contributed by atoms with Crippen LogP contribution in [0.5, 0.6) is 0 Å². The van der Waals surface area contributed by atoms with Crippen LogP contribution in [0.25, 0.3) is 0 Å². The van der Waals surface area contributed by atoms with E-state index in [9.17, 15) is 10.1 Å². The highest BCUT2D eigenvalue weighted by molar-refractivity contribution is 7.99. The molecule has 19 heavy (non-hydrogen) atoms. The van der Waals surface area contributed by atoms with Gasteiger partial charge in [-0.05, 0) is 13.8 Å². The lowest BCUT2D eigenvalue weighted by molar-refractivity contribution is -0.384. The number of nitro groups is 1. The maximum Gasteiger partial charge on any atom is 0.276 e. The molecule has 1 aliphatic rings. The van der Waals surface area contributed by atoms with Crippen molar-refractivity contribution >= 4 is 29.1 Å². The molecule has 104 valence electrons. The Morgan fingerprint density at radius 3 is 3.05 bits per heavy atom. The van der Waals surface area contributed by atoms with Gasteiger partial charge in [0.05, 0.1) is 17.1 Å². The lowest BCUT2D eigenvalue weighted by Gasteiger charge is -2.34. The molecule has 1 unspecified atom stereocenters. The third kappa shape index (κ3) is 3.28. The van der Waals surface area contributed by atoms with E-state index in [1.165, 1.54) is 6.07 Å². The molecule has 1 aliphatic heterocycles. The molecule has 1 aromatic heterocycles. The van der Waals surface area contributed by atoms with E-state index in [4.69, 9.17) is 0 Å².